The van der Waals surface area contributed by atoms with Gasteiger partial charge in [-0.25, -0.2) is 0 Å². The number of benzene rings is 15. The van der Waals surface area contributed by atoms with Crippen LogP contribution in [0.3, 0.4) is 0 Å². The van der Waals surface area contributed by atoms with Crippen molar-refractivity contribution >= 4 is 155 Å². The topological polar surface area (TPSA) is 13.0 Å². The van der Waals surface area contributed by atoms with Crippen LogP contribution in [0.2, 0.25) is 0 Å². The van der Waals surface area contributed by atoms with Gasteiger partial charge in [-0.1, -0.05) is 255 Å². The first-order chi connectivity index (χ1) is 48.2. The van der Waals surface area contributed by atoms with E-state index >= 15 is 0 Å². The van der Waals surface area contributed by atoms with E-state index in [0.717, 1.165) is 51.2 Å². The molecule has 0 aromatic heterocycles. The van der Waals surface area contributed by atoms with Gasteiger partial charge in [0.25, 0.3) is 0 Å². The molecule has 15 aromatic carbocycles. The summed E-state index contributed by atoms with van der Waals surface area (Å²) in [5.74, 6) is 0. The smallest absolute Gasteiger partial charge is 0.185 e. The van der Waals surface area contributed by atoms with E-state index < -0.39 is 24.2 Å². The predicted octanol–water partition coefficient (Wildman–Crippen LogP) is 14.6. The SMILES string of the molecule is c1ccc(N(c2ccccc2)c2cc3c4c(c2)[Si]2(c5ccccc5-c5ccccc52)c2cc(N(c5ccccc5)c5ccccc5)cc5c2N4c2c(cc(N(c4ccccc4)c4ccccc4)cc2[Si]52c4ccccc4-c4ccccc42)[Si]32c3ccccc3-c3ccccc32)cc1. The van der Waals surface area contributed by atoms with Crippen LogP contribution >= 0.6 is 0 Å². The summed E-state index contributed by atoms with van der Waals surface area (Å²) in [7, 11) is -10.9. The van der Waals surface area contributed by atoms with Gasteiger partial charge in [0.1, 0.15) is 0 Å². The Kier molecular flexibility index (Phi) is 11.6. The van der Waals surface area contributed by atoms with E-state index in [0.29, 0.717) is 0 Å². The zero-order chi connectivity index (χ0) is 63.6. The van der Waals surface area contributed by atoms with E-state index in [9.17, 15) is 0 Å². The van der Waals surface area contributed by atoms with Crippen LogP contribution in [0.15, 0.2) is 364 Å². The molecule has 3 spiro atoms. The van der Waals surface area contributed by atoms with Crippen molar-refractivity contribution in [2.24, 2.45) is 0 Å². The summed E-state index contributed by atoms with van der Waals surface area (Å²) in [4.78, 5) is 10.6. The molecule has 0 saturated carbocycles. The van der Waals surface area contributed by atoms with Gasteiger partial charge in [0.05, 0.1) is 0 Å². The normalized spacial score (nSPS) is 14.4. The van der Waals surface area contributed by atoms with Gasteiger partial charge in [0, 0.05) is 68.2 Å². The van der Waals surface area contributed by atoms with Crippen LogP contribution in [0.1, 0.15) is 0 Å². The lowest BCUT2D eigenvalue weighted by molar-refractivity contribution is 1.25. The molecule has 0 atom stereocenters. The van der Waals surface area contributed by atoms with E-state index in [-0.39, 0.29) is 0 Å². The fourth-order valence-electron chi connectivity index (χ4n) is 18.7. The summed E-state index contributed by atoms with van der Waals surface area (Å²) in [6.45, 7) is 0. The van der Waals surface area contributed by atoms with Crippen molar-refractivity contribution in [3.05, 3.63) is 364 Å². The highest BCUT2D eigenvalue weighted by atomic mass is 28.3. The van der Waals surface area contributed by atoms with Gasteiger partial charge in [-0.05, 0) is 205 Å². The molecule has 7 heteroatoms. The van der Waals surface area contributed by atoms with Gasteiger partial charge in [-0.3, -0.25) is 0 Å². The van der Waals surface area contributed by atoms with Crippen molar-refractivity contribution in [1.82, 2.24) is 0 Å². The number of hydrogen-bond acceptors (Lipinski definition) is 4. The largest absolute Gasteiger partial charge is 0.311 e. The molecule has 15 aromatic rings. The summed E-state index contributed by atoms with van der Waals surface area (Å²) in [5.41, 5.74) is 22.2. The molecule has 0 fully saturated rings. The molecule has 0 unspecified atom stereocenters. The molecule has 97 heavy (non-hydrogen) atoms. The fourth-order valence-corrected chi connectivity index (χ4v) is 35.9. The second-order valence-corrected chi connectivity index (χ2v) is 37.5. The Labute approximate surface area is 567 Å². The van der Waals surface area contributed by atoms with E-state index in [2.05, 4.69) is 384 Å². The quantitative estimate of drug-likeness (QED) is 0.134. The number of rotatable bonds is 9. The van der Waals surface area contributed by atoms with Gasteiger partial charge in [0.15, 0.2) is 24.2 Å². The molecule has 21 rings (SSSR count). The minimum Gasteiger partial charge on any atom is -0.311 e. The number of fused-ring (bicyclic) bond motifs is 21. The second kappa shape index (κ2) is 20.6. The zero-order valence-corrected chi connectivity index (χ0v) is 55.9. The van der Waals surface area contributed by atoms with E-state index in [1.807, 2.05) is 0 Å². The molecule has 6 aliphatic rings. The molecule has 452 valence electrons. The standard InChI is InChI=1S/C90H60N4Si3/c1-7-31-61(32-8-1)91(62-33-9-2-10-34-62)67-55-82-88-83(56-67)96(78-51-27-21-45-72(78)73-46-22-28-52-79(73)96)85-58-69(93(65-39-15-5-16-40-65)66-41-17-6-18-42-66)60-87-90(85)94(88)89-84(95(82)76-49-25-19-43-70(76)71-44-20-26-50-77(71)95)57-68(92(63-35-11-3-12-36-63)64-37-13-4-14-38-64)59-86(89)97(87)80-53-29-23-47-74(80)75-48-24-30-54-81(75)97/h1-60H. The maximum Gasteiger partial charge on any atom is 0.185 e. The highest BCUT2D eigenvalue weighted by Crippen LogP contribution is 2.52. The molecule has 6 aliphatic heterocycles. The molecule has 0 saturated heterocycles. The molecule has 0 N–H and O–H groups in total. The van der Waals surface area contributed by atoms with Gasteiger partial charge in [0.2, 0.25) is 0 Å². The summed E-state index contributed by atoms with van der Waals surface area (Å²) >= 11 is 0. The first-order valence-corrected chi connectivity index (χ1v) is 39.8. The second-order valence-electron chi connectivity index (χ2n) is 26.5. The average Bonchev–Trinajstić information content (AvgIpc) is 1.60. The first kappa shape index (κ1) is 54.5. The Balaban J connectivity index is 1.05. The van der Waals surface area contributed by atoms with E-state index in [1.165, 1.54) is 113 Å². The van der Waals surface area contributed by atoms with Crippen LogP contribution in [-0.2, 0) is 0 Å². The third-order valence-electron chi connectivity index (χ3n) is 22.1. The lowest BCUT2D eigenvalue weighted by Crippen LogP contribution is -2.86. The van der Waals surface area contributed by atoms with E-state index in [4.69, 9.17) is 0 Å². The summed E-state index contributed by atoms with van der Waals surface area (Å²) in [6, 6.07) is 141. The zero-order valence-electron chi connectivity index (χ0n) is 52.9. The van der Waals surface area contributed by atoms with Crippen molar-refractivity contribution in [3.8, 4) is 33.4 Å². The maximum atomic E-state index is 2.93. The molecular weight excluding hydrogens is 1220 g/mol. The van der Waals surface area contributed by atoms with Crippen molar-refractivity contribution in [2.45, 2.75) is 0 Å². The monoisotopic (exact) mass is 1280 g/mol. The maximum absolute atomic E-state index is 3.62. The molecule has 0 amide bonds. The minimum absolute atomic E-state index is 1.11. The lowest BCUT2D eigenvalue weighted by Gasteiger charge is -2.56. The van der Waals surface area contributed by atoms with Crippen LogP contribution in [0.25, 0.3) is 33.4 Å². The molecule has 0 radical (unpaired) electrons. The average molecular weight is 1280 g/mol. The van der Waals surface area contributed by atoms with Crippen LogP contribution in [0, 0.1) is 0 Å². The van der Waals surface area contributed by atoms with Gasteiger partial charge in [-0.15, -0.1) is 0 Å². The molecule has 4 nitrogen and oxygen atoms in total. The molecular formula is C90H60N4Si3. The number of anilines is 12. The third kappa shape index (κ3) is 7.13. The number of nitrogens with zero attached hydrogens (tertiary/aromatic N) is 4. The lowest BCUT2D eigenvalue weighted by atomic mass is 10.1. The fraction of sp³-hybridized carbons (Fsp3) is 0. The van der Waals surface area contributed by atoms with Crippen molar-refractivity contribution < 1.29 is 0 Å². The van der Waals surface area contributed by atoms with Gasteiger partial charge < -0.3 is 19.6 Å². The Morgan fingerprint density at radius 2 is 0.309 bits per heavy atom. The Morgan fingerprint density at radius 3 is 0.485 bits per heavy atom. The molecule has 0 bridgehead atoms. The molecule has 6 heterocycles. The van der Waals surface area contributed by atoms with Crippen molar-refractivity contribution in [3.63, 3.8) is 0 Å². The van der Waals surface area contributed by atoms with Crippen LogP contribution in [-0.4, -0.2) is 24.2 Å². The van der Waals surface area contributed by atoms with E-state index in [1.54, 1.807) is 0 Å². The van der Waals surface area contributed by atoms with Crippen LogP contribution in [0.4, 0.5) is 68.2 Å². The van der Waals surface area contributed by atoms with Crippen molar-refractivity contribution in [2.75, 3.05) is 19.6 Å². The van der Waals surface area contributed by atoms with Crippen molar-refractivity contribution in [1.29, 1.82) is 0 Å². The minimum atomic E-state index is -3.62. The van der Waals surface area contributed by atoms with Gasteiger partial charge in [-0.2, -0.15) is 0 Å². The number of hydrogen-bond donors (Lipinski definition) is 0. The molecule has 0 aliphatic carbocycles. The van der Waals surface area contributed by atoms with Crippen LogP contribution < -0.4 is 81.8 Å². The van der Waals surface area contributed by atoms with Gasteiger partial charge >= 0.3 is 0 Å². The Morgan fingerprint density at radius 1 is 0.155 bits per heavy atom. The summed E-state index contributed by atoms with van der Waals surface area (Å²) in [5, 5.41) is 17.1. The highest BCUT2D eigenvalue weighted by molar-refractivity contribution is 7.30. The first-order valence-electron chi connectivity index (χ1n) is 33.8. The third-order valence-corrected chi connectivity index (χ3v) is 36.7. The Hall–Kier alpha value is -11.8. The highest BCUT2D eigenvalue weighted by Gasteiger charge is 2.66. The number of para-hydroxylation sites is 6. The summed E-state index contributed by atoms with van der Waals surface area (Å²) < 4.78 is 0. The van der Waals surface area contributed by atoms with Crippen LogP contribution in [0.5, 0.6) is 0 Å². The predicted molar refractivity (Wildman–Crippen MR) is 414 cm³/mol. The summed E-state index contributed by atoms with van der Waals surface area (Å²) in [6.07, 6.45) is 0. The Bertz CT molecular complexity index is 4850.